The smallest absolute Gasteiger partial charge is 0.103 e. The molecule has 0 saturated heterocycles. The van der Waals surface area contributed by atoms with Crippen molar-refractivity contribution >= 4 is 0 Å². The maximum absolute atomic E-state index is 9.39. The molecule has 0 amide bonds. The number of aliphatic hydroxyl groups excluding tert-OH is 2. The Labute approximate surface area is 154 Å². The third-order valence-corrected chi connectivity index (χ3v) is 4.49. The molecule has 4 nitrogen and oxygen atoms in total. The van der Waals surface area contributed by atoms with Crippen LogP contribution < -0.4 is 17.0 Å². The number of ether oxygens (including phenoxy) is 1. The van der Waals surface area contributed by atoms with Crippen LogP contribution in [0.25, 0.3) is 0 Å². The minimum atomic E-state index is 0. The lowest BCUT2D eigenvalue weighted by Crippen LogP contribution is -3.00. The fraction of sp³-hybridized carbons (Fsp3) is 1.00. The van der Waals surface area contributed by atoms with E-state index in [1.165, 1.54) is 44.9 Å². The summed E-state index contributed by atoms with van der Waals surface area (Å²) in [6.07, 6.45) is 9.86. The van der Waals surface area contributed by atoms with Crippen LogP contribution in [0, 0.1) is 0 Å². The molecule has 5 heteroatoms. The molecule has 0 aliphatic rings. The summed E-state index contributed by atoms with van der Waals surface area (Å²) in [5.41, 5.74) is 0. The van der Waals surface area contributed by atoms with Gasteiger partial charge in [-0.25, -0.2) is 0 Å². The van der Waals surface area contributed by atoms with Gasteiger partial charge in [-0.2, -0.15) is 0 Å². The first-order chi connectivity index (χ1) is 10.7. The highest BCUT2D eigenvalue weighted by Crippen LogP contribution is 2.11. The van der Waals surface area contributed by atoms with E-state index in [9.17, 15) is 10.2 Å². The third-order valence-electron chi connectivity index (χ3n) is 4.49. The molecule has 0 bridgehead atoms. The van der Waals surface area contributed by atoms with E-state index in [4.69, 9.17) is 4.74 Å². The second-order valence-electron chi connectivity index (χ2n) is 6.42. The van der Waals surface area contributed by atoms with Gasteiger partial charge in [0.05, 0.1) is 26.4 Å². The molecule has 0 saturated carbocycles. The summed E-state index contributed by atoms with van der Waals surface area (Å²) >= 11 is 0. The Morgan fingerprint density at radius 1 is 0.652 bits per heavy atom. The molecule has 0 heterocycles. The highest BCUT2D eigenvalue weighted by Gasteiger charge is 2.25. The van der Waals surface area contributed by atoms with Crippen molar-refractivity contribution in [2.24, 2.45) is 0 Å². The Morgan fingerprint density at radius 2 is 1.22 bits per heavy atom. The van der Waals surface area contributed by atoms with Gasteiger partial charge >= 0.3 is 0 Å². The summed E-state index contributed by atoms with van der Waals surface area (Å²) in [7, 11) is 0. The average Bonchev–Trinajstić information content (AvgIpc) is 2.51. The van der Waals surface area contributed by atoms with Crippen molar-refractivity contribution in [2.45, 2.75) is 65.2 Å². The monoisotopic (exact) mass is 397 g/mol. The topological polar surface area (TPSA) is 49.7 Å². The quantitative estimate of drug-likeness (QED) is 0.267. The van der Waals surface area contributed by atoms with Crippen LogP contribution >= 0.6 is 0 Å². The van der Waals surface area contributed by atoms with Crippen LogP contribution in [-0.4, -0.2) is 67.3 Å². The number of hydrogen-bond donors (Lipinski definition) is 2. The predicted octanol–water partition coefficient (Wildman–Crippen LogP) is -0.0310. The van der Waals surface area contributed by atoms with Crippen molar-refractivity contribution in [3.05, 3.63) is 0 Å². The second kappa shape index (κ2) is 18.7. The average molecular weight is 398 g/mol. The lowest BCUT2D eigenvalue weighted by atomic mass is 10.1. The van der Waals surface area contributed by atoms with Gasteiger partial charge in [-0.15, -0.1) is 0 Å². The third kappa shape index (κ3) is 14.4. The molecular weight excluding hydrogens is 358 g/mol. The van der Waals surface area contributed by atoms with E-state index in [-0.39, 0.29) is 30.2 Å². The lowest BCUT2D eigenvalue weighted by molar-refractivity contribution is -0.929. The van der Waals surface area contributed by atoms with Gasteiger partial charge in [-0.3, -0.25) is 0 Å². The van der Waals surface area contributed by atoms with Crippen LogP contribution in [0.2, 0.25) is 0 Å². The summed E-state index contributed by atoms with van der Waals surface area (Å²) in [6.45, 7) is 9.78. The van der Waals surface area contributed by atoms with Crippen molar-refractivity contribution < 1.29 is 36.4 Å². The zero-order valence-corrected chi connectivity index (χ0v) is 17.0. The number of rotatable bonds is 17. The van der Waals surface area contributed by atoms with Crippen molar-refractivity contribution in [1.29, 1.82) is 0 Å². The van der Waals surface area contributed by atoms with Crippen molar-refractivity contribution in [2.75, 3.05) is 52.6 Å². The van der Waals surface area contributed by atoms with Gasteiger partial charge in [-0.1, -0.05) is 46.0 Å². The molecule has 0 spiro atoms. The molecule has 0 aliphatic heterocycles. The van der Waals surface area contributed by atoms with Gasteiger partial charge in [0.25, 0.3) is 0 Å². The van der Waals surface area contributed by atoms with Crippen LogP contribution in [0.1, 0.15) is 65.2 Å². The Hall–Kier alpha value is 0.320. The first kappa shape index (κ1) is 25.6. The van der Waals surface area contributed by atoms with Crippen molar-refractivity contribution in [3.8, 4) is 0 Å². The number of unbranched alkanes of at least 4 members (excludes halogenated alkanes) is 6. The Balaban J connectivity index is 0. The number of quaternary nitrogens is 1. The van der Waals surface area contributed by atoms with Gasteiger partial charge in [0, 0.05) is 6.61 Å². The molecule has 2 N–H and O–H groups in total. The summed E-state index contributed by atoms with van der Waals surface area (Å²) in [6, 6.07) is 0. The minimum Gasteiger partial charge on any atom is -1.00 e. The molecule has 0 fully saturated rings. The predicted molar refractivity (Wildman–Crippen MR) is 93.0 cm³/mol. The van der Waals surface area contributed by atoms with Gasteiger partial charge in [0.2, 0.25) is 0 Å². The van der Waals surface area contributed by atoms with Gasteiger partial charge in [0.15, 0.2) is 0 Å². The molecule has 0 aliphatic carbocycles. The van der Waals surface area contributed by atoms with E-state index in [1.54, 1.807) is 0 Å². The van der Waals surface area contributed by atoms with Gasteiger partial charge in [-0.05, 0) is 19.3 Å². The van der Waals surface area contributed by atoms with E-state index in [0.29, 0.717) is 0 Å². The van der Waals surface area contributed by atoms with E-state index in [2.05, 4.69) is 13.8 Å². The largest absolute Gasteiger partial charge is 1.00 e. The molecule has 0 aromatic heterocycles. The molecule has 142 valence electrons. The van der Waals surface area contributed by atoms with Gasteiger partial charge < -0.3 is 36.4 Å². The zero-order valence-electron chi connectivity index (χ0n) is 15.4. The number of aliphatic hydroxyl groups is 2. The first-order valence-electron chi connectivity index (χ1n) is 9.39. The van der Waals surface area contributed by atoms with Crippen molar-refractivity contribution in [3.63, 3.8) is 0 Å². The Bertz CT molecular complexity index is 224. The highest BCUT2D eigenvalue weighted by molar-refractivity contribution is 4.49. The number of hydrogen-bond acceptors (Lipinski definition) is 3. The molecule has 0 rings (SSSR count). The summed E-state index contributed by atoms with van der Waals surface area (Å²) in [4.78, 5) is 0. The zero-order chi connectivity index (χ0) is 16.5. The van der Waals surface area contributed by atoms with E-state index in [1.807, 2.05) is 0 Å². The lowest BCUT2D eigenvalue weighted by Gasteiger charge is -2.38. The molecule has 0 aromatic carbocycles. The van der Waals surface area contributed by atoms with Gasteiger partial charge in [0.1, 0.15) is 19.6 Å². The Kier molecular flexibility index (Phi) is 20.7. The van der Waals surface area contributed by atoms with Crippen molar-refractivity contribution in [1.82, 2.24) is 0 Å². The molecular formula is C18H40BrNO3. The SMILES string of the molecule is CCCCCCOCC[N+](CCO)(CCO)CCCCCC.[Br-]. The van der Waals surface area contributed by atoms with Crippen LogP contribution in [0.4, 0.5) is 0 Å². The van der Waals surface area contributed by atoms with E-state index >= 15 is 0 Å². The number of nitrogens with zero attached hydrogens (tertiary/aromatic N) is 1. The fourth-order valence-electron chi connectivity index (χ4n) is 2.96. The normalized spacial score (nSPS) is 11.5. The van der Waals surface area contributed by atoms with Crippen LogP contribution in [0.15, 0.2) is 0 Å². The summed E-state index contributed by atoms with van der Waals surface area (Å²) in [5.74, 6) is 0. The van der Waals surface area contributed by atoms with E-state index < -0.39 is 0 Å². The minimum absolute atomic E-state index is 0. The molecule has 0 aromatic rings. The maximum atomic E-state index is 9.39. The van der Waals surface area contributed by atoms with E-state index in [0.717, 1.165) is 50.3 Å². The second-order valence-corrected chi connectivity index (χ2v) is 6.42. The highest BCUT2D eigenvalue weighted by atomic mass is 79.9. The first-order valence-corrected chi connectivity index (χ1v) is 9.39. The van der Waals surface area contributed by atoms with Crippen LogP contribution in [0.3, 0.4) is 0 Å². The molecule has 0 radical (unpaired) electrons. The molecule has 0 unspecified atom stereocenters. The summed E-state index contributed by atoms with van der Waals surface area (Å²) in [5, 5.41) is 18.8. The fourth-order valence-corrected chi connectivity index (χ4v) is 2.96. The summed E-state index contributed by atoms with van der Waals surface area (Å²) < 4.78 is 6.57. The van der Waals surface area contributed by atoms with Crippen LogP contribution in [-0.2, 0) is 4.74 Å². The molecule has 23 heavy (non-hydrogen) atoms. The maximum Gasteiger partial charge on any atom is 0.103 e. The Morgan fingerprint density at radius 3 is 1.74 bits per heavy atom. The standard InChI is InChI=1S/C18H40NO3.BrH/c1-3-5-7-9-11-19(12-15-20,13-16-21)14-18-22-17-10-8-6-4-2;/h20-21H,3-18H2,1-2H3;1H/q+1;/p-1. The van der Waals surface area contributed by atoms with Crippen LogP contribution in [0.5, 0.6) is 0 Å². The molecule has 0 atom stereocenters. The number of halogens is 1.